The molecule has 4 nitrogen and oxygen atoms in total. The van der Waals surface area contributed by atoms with Crippen molar-refractivity contribution < 1.29 is 8.42 Å². The van der Waals surface area contributed by atoms with Crippen molar-refractivity contribution in [3.8, 4) is 0 Å². The van der Waals surface area contributed by atoms with E-state index in [2.05, 4.69) is 5.10 Å². The summed E-state index contributed by atoms with van der Waals surface area (Å²) in [5.41, 5.74) is 0. The molecule has 0 aliphatic heterocycles. The highest BCUT2D eigenvalue weighted by molar-refractivity contribution is 14.1. The lowest BCUT2D eigenvalue weighted by Crippen LogP contribution is -2.04. The molecule has 0 saturated carbocycles. The summed E-state index contributed by atoms with van der Waals surface area (Å²) in [6, 6.07) is 0. The Balaban J connectivity index is 3.06. The van der Waals surface area contributed by atoms with E-state index >= 15 is 0 Å². The Morgan fingerprint density at radius 1 is 1.64 bits per heavy atom. The maximum absolute atomic E-state index is 11.1. The molecule has 0 N–H and O–H groups in total. The quantitative estimate of drug-likeness (QED) is 0.621. The largest absolute Gasteiger partial charge is 0.270 e. The lowest BCUT2D eigenvalue weighted by Gasteiger charge is -2.02. The number of halogens is 2. The summed E-state index contributed by atoms with van der Waals surface area (Å²) in [5, 5.41) is 4.06. The number of aromatic nitrogens is 2. The molecule has 0 aliphatic carbocycles. The van der Waals surface area contributed by atoms with Crippen molar-refractivity contribution in [3.63, 3.8) is 0 Å². The Labute approximate surface area is 101 Å². The second-order valence-electron chi connectivity index (χ2n) is 3.34. The van der Waals surface area contributed by atoms with E-state index in [1.54, 1.807) is 4.68 Å². The first-order valence-corrected chi connectivity index (χ1v) is 7.37. The van der Waals surface area contributed by atoms with Gasteiger partial charge in [0.1, 0.15) is 8.60 Å². The Morgan fingerprint density at radius 3 is 2.57 bits per heavy atom. The molecular weight excluding hydrogens is 339 g/mol. The van der Waals surface area contributed by atoms with Gasteiger partial charge >= 0.3 is 0 Å². The summed E-state index contributed by atoms with van der Waals surface area (Å²) in [6.45, 7) is 4.75. The third-order valence-corrected chi connectivity index (χ3v) is 3.99. The SMILES string of the molecule is CC(C)Cn1cc(S(=O)(=O)Cl)c(I)n1. The van der Waals surface area contributed by atoms with Crippen molar-refractivity contribution >= 4 is 42.3 Å². The predicted octanol–water partition coefficient (Wildman–Crippen LogP) is 2.07. The molecule has 0 fully saturated rings. The lowest BCUT2D eigenvalue weighted by atomic mass is 10.2. The molecular formula is C7H10ClIN2O2S. The fourth-order valence-electron chi connectivity index (χ4n) is 1.01. The molecule has 1 aromatic heterocycles. The zero-order valence-corrected chi connectivity index (χ0v) is 11.5. The first kappa shape index (κ1) is 12.3. The lowest BCUT2D eigenvalue weighted by molar-refractivity contribution is 0.481. The van der Waals surface area contributed by atoms with Crippen molar-refractivity contribution in [2.45, 2.75) is 25.3 Å². The van der Waals surface area contributed by atoms with Crippen LogP contribution >= 0.6 is 33.3 Å². The molecule has 14 heavy (non-hydrogen) atoms. The van der Waals surface area contributed by atoms with Crippen LogP contribution in [0.2, 0.25) is 0 Å². The van der Waals surface area contributed by atoms with Crippen molar-refractivity contribution in [1.82, 2.24) is 9.78 Å². The Bertz CT molecular complexity index is 427. The maximum Gasteiger partial charge on any atom is 0.265 e. The Kier molecular flexibility index (Phi) is 3.81. The van der Waals surface area contributed by atoms with Gasteiger partial charge in [-0.2, -0.15) is 5.10 Å². The van der Waals surface area contributed by atoms with Crippen molar-refractivity contribution in [2.75, 3.05) is 0 Å². The monoisotopic (exact) mass is 348 g/mol. The molecule has 1 heterocycles. The second kappa shape index (κ2) is 4.36. The second-order valence-corrected chi connectivity index (χ2v) is 6.89. The van der Waals surface area contributed by atoms with Crippen LogP contribution in [0.25, 0.3) is 0 Å². The Morgan fingerprint density at radius 2 is 2.21 bits per heavy atom. The van der Waals surface area contributed by atoms with E-state index < -0.39 is 9.05 Å². The Hall–Kier alpha value is 0.180. The van der Waals surface area contributed by atoms with Gasteiger partial charge in [0.05, 0.1) is 0 Å². The number of hydrogen-bond acceptors (Lipinski definition) is 3. The molecule has 0 bridgehead atoms. The summed E-state index contributed by atoms with van der Waals surface area (Å²) in [4.78, 5) is 0.0837. The van der Waals surface area contributed by atoms with Crippen LogP contribution in [-0.2, 0) is 15.6 Å². The van der Waals surface area contributed by atoms with Crippen molar-refractivity contribution in [2.24, 2.45) is 5.92 Å². The standard InChI is InChI=1S/C7H10ClIN2O2S/c1-5(2)3-11-4-6(7(9)10-11)14(8,12)13/h4-5H,3H2,1-2H3. The molecule has 0 aromatic carbocycles. The highest BCUT2D eigenvalue weighted by atomic mass is 127. The van der Waals surface area contributed by atoms with Gasteiger partial charge in [-0.05, 0) is 28.5 Å². The number of nitrogens with zero attached hydrogens (tertiary/aromatic N) is 2. The van der Waals surface area contributed by atoms with Gasteiger partial charge in [-0.3, -0.25) is 4.68 Å². The van der Waals surface area contributed by atoms with Crippen LogP contribution in [-0.4, -0.2) is 18.2 Å². The third kappa shape index (κ3) is 3.09. The molecule has 0 aliphatic rings. The highest BCUT2D eigenvalue weighted by Gasteiger charge is 2.18. The van der Waals surface area contributed by atoms with E-state index in [9.17, 15) is 8.42 Å². The number of rotatable bonds is 3. The molecule has 0 spiro atoms. The summed E-state index contributed by atoms with van der Waals surface area (Å²) < 4.78 is 24.1. The van der Waals surface area contributed by atoms with E-state index in [4.69, 9.17) is 10.7 Å². The summed E-state index contributed by atoms with van der Waals surface area (Å²) in [5.74, 6) is 0.413. The third-order valence-electron chi connectivity index (χ3n) is 1.50. The summed E-state index contributed by atoms with van der Waals surface area (Å²) >= 11 is 1.86. The normalized spacial score (nSPS) is 12.4. The van der Waals surface area contributed by atoms with E-state index in [-0.39, 0.29) is 4.90 Å². The topological polar surface area (TPSA) is 52.0 Å². The summed E-state index contributed by atoms with van der Waals surface area (Å²) in [6.07, 6.45) is 1.46. The minimum Gasteiger partial charge on any atom is -0.270 e. The van der Waals surface area contributed by atoms with Gasteiger partial charge in [0.25, 0.3) is 9.05 Å². The first-order chi connectivity index (χ1) is 6.30. The van der Waals surface area contributed by atoms with E-state index in [0.717, 1.165) is 0 Å². The average Bonchev–Trinajstić information content (AvgIpc) is 2.27. The van der Waals surface area contributed by atoms with Gasteiger partial charge < -0.3 is 0 Å². The smallest absolute Gasteiger partial charge is 0.265 e. The van der Waals surface area contributed by atoms with Crippen LogP contribution < -0.4 is 0 Å². The fraction of sp³-hybridized carbons (Fsp3) is 0.571. The van der Waals surface area contributed by atoms with Crippen LogP contribution in [0.5, 0.6) is 0 Å². The van der Waals surface area contributed by atoms with Gasteiger partial charge in [0.2, 0.25) is 0 Å². The van der Waals surface area contributed by atoms with Crippen molar-refractivity contribution in [3.05, 3.63) is 9.90 Å². The molecule has 80 valence electrons. The highest BCUT2D eigenvalue weighted by Crippen LogP contribution is 2.20. The van der Waals surface area contributed by atoms with E-state index in [0.29, 0.717) is 16.2 Å². The van der Waals surface area contributed by atoms with Crippen LogP contribution in [0.3, 0.4) is 0 Å². The summed E-state index contributed by atoms with van der Waals surface area (Å²) in [7, 11) is 1.56. The van der Waals surface area contributed by atoms with Gasteiger partial charge in [-0.15, -0.1) is 0 Å². The maximum atomic E-state index is 11.1. The first-order valence-electron chi connectivity index (χ1n) is 3.98. The fourth-order valence-corrected chi connectivity index (χ4v) is 3.52. The van der Waals surface area contributed by atoms with Crippen LogP contribution in [0.4, 0.5) is 0 Å². The predicted molar refractivity (Wildman–Crippen MR) is 62.8 cm³/mol. The molecule has 0 atom stereocenters. The molecule has 0 radical (unpaired) electrons. The molecule has 0 amide bonds. The number of hydrogen-bond donors (Lipinski definition) is 0. The zero-order valence-electron chi connectivity index (χ0n) is 7.74. The van der Waals surface area contributed by atoms with Crippen molar-refractivity contribution in [1.29, 1.82) is 0 Å². The zero-order chi connectivity index (χ0) is 10.9. The van der Waals surface area contributed by atoms with Gasteiger partial charge in [-0.25, -0.2) is 8.42 Å². The molecule has 0 unspecified atom stereocenters. The molecule has 1 rings (SSSR count). The average molecular weight is 349 g/mol. The molecule has 0 saturated heterocycles. The van der Waals surface area contributed by atoms with E-state index in [1.165, 1.54) is 6.20 Å². The molecule has 1 aromatic rings. The molecule has 7 heteroatoms. The minimum atomic E-state index is -3.67. The van der Waals surface area contributed by atoms with E-state index in [1.807, 2.05) is 36.4 Å². The van der Waals surface area contributed by atoms with Crippen LogP contribution in [0.15, 0.2) is 11.1 Å². The van der Waals surface area contributed by atoms with Crippen LogP contribution in [0.1, 0.15) is 13.8 Å². The van der Waals surface area contributed by atoms with Gasteiger partial charge in [0, 0.05) is 23.4 Å². The van der Waals surface area contributed by atoms with Crippen LogP contribution in [0, 0.1) is 9.62 Å². The van der Waals surface area contributed by atoms with Gasteiger partial charge in [-0.1, -0.05) is 13.8 Å². The van der Waals surface area contributed by atoms with Gasteiger partial charge in [0.15, 0.2) is 0 Å². The minimum absolute atomic E-state index is 0.0837.